The fraction of sp³-hybridized carbons (Fsp3) is 0.846. The summed E-state index contributed by atoms with van der Waals surface area (Å²) in [4.78, 5) is 23.2. The molecule has 17 heavy (non-hydrogen) atoms. The topological polar surface area (TPSA) is 66.4 Å². The second-order valence-corrected chi connectivity index (χ2v) is 5.29. The summed E-state index contributed by atoms with van der Waals surface area (Å²) in [7, 11) is 0. The minimum absolute atomic E-state index is 0.0846. The van der Waals surface area contributed by atoms with E-state index in [0.717, 1.165) is 12.8 Å². The van der Waals surface area contributed by atoms with Gasteiger partial charge in [-0.15, -0.1) is 0 Å². The molecule has 1 saturated carbocycles. The first-order valence-corrected chi connectivity index (χ1v) is 6.48. The molecule has 0 aromatic heterocycles. The first-order valence-electron chi connectivity index (χ1n) is 6.48. The molecule has 1 aliphatic carbocycles. The summed E-state index contributed by atoms with van der Waals surface area (Å²) in [5, 5.41) is 12.1. The molecule has 1 rings (SSSR count). The second kappa shape index (κ2) is 6.03. The second-order valence-electron chi connectivity index (χ2n) is 5.29. The van der Waals surface area contributed by atoms with Crippen LogP contribution < -0.4 is 5.32 Å². The van der Waals surface area contributed by atoms with Crippen LogP contribution in [0.1, 0.15) is 46.5 Å². The Bertz CT molecular complexity index is 290. The van der Waals surface area contributed by atoms with E-state index < -0.39 is 11.9 Å². The average molecular weight is 241 g/mol. The SMILES string of the molecule is CC[C@H](C)NC(=O)C1CCC(C)CC1C(=O)O. The minimum atomic E-state index is -0.833. The van der Waals surface area contributed by atoms with Crippen LogP contribution in [-0.4, -0.2) is 23.0 Å². The van der Waals surface area contributed by atoms with Crippen molar-refractivity contribution < 1.29 is 14.7 Å². The number of aliphatic carboxylic acids is 1. The van der Waals surface area contributed by atoms with Gasteiger partial charge in [0, 0.05) is 6.04 Å². The summed E-state index contributed by atoms with van der Waals surface area (Å²) < 4.78 is 0. The van der Waals surface area contributed by atoms with Gasteiger partial charge in [0.1, 0.15) is 0 Å². The van der Waals surface area contributed by atoms with Crippen molar-refractivity contribution in [1.29, 1.82) is 0 Å². The Morgan fingerprint density at radius 2 is 2.00 bits per heavy atom. The average Bonchev–Trinajstić information content (AvgIpc) is 2.28. The van der Waals surface area contributed by atoms with Crippen LogP contribution >= 0.6 is 0 Å². The van der Waals surface area contributed by atoms with Crippen molar-refractivity contribution in [3.05, 3.63) is 0 Å². The Kier molecular flexibility index (Phi) is 4.97. The number of amides is 1. The standard InChI is InChI=1S/C13H23NO3/c1-4-9(3)14-12(15)10-6-5-8(2)7-11(10)13(16)17/h8-11H,4-7H2,1-3H3,(H,14,15)(H,16,17)/t8?,9-,10?,11?/m0/s1. The molecule has 4 atom stereocenters. The molecule has 98 valence electrons. The molecule has 1 amide bonds. The fourth-order valence-corrected chi connectivity index (χ4v) is 2.42. The van der Waals surface area contributed by atoms with Gasteiger partial charge in [0.25, 0.3) is 0 Å². The molecular weight excluding hydrogens is 218 g/mol. The zero-order valence-electron chi connectivity index (χ0n) is 10.9. The zero-order valence-corrected chi connectivity index (χ0v) is 10.9. The maximum Gasteiger partial charge on any atom is 0.307 e. The van der Waals surface area contributed by atoms with Gasteiger partial charge < -0.3 is 10.4 Å². The van der Waals surface area contributed by atoms with E-state index >= 15 is 0 Å². The number of nitrogens with one attached hydrogen (secondary N) is 1. The molecule has 2 N–H and O–H groups in total. The van der Waals surface area contributed by atoms with Crippen LogP contribution in [0.2, 0.25) is 0 Å². The van der Waals surface area contributed by atoms with Crippen LogP contribution in [0.3, 0.4) is 0 Å². The number of carbonyl (C=O) groups is 2. The third-order valence-electron chi connectivity index (χ3n) is 3.77. The smallest absolute Gasteiger partial charge is 0.307 e. The highest BCUT2D eigenvalue weighted by Gasteiger charge is 2.38. The summed E-state index contributed by atoms with van der Waals surface area (Å²) in [5.74, 6) is -1.37. The van der Waals surface area contributed by atoms with Crippen molar-refractivity contribution in [3.8, 4) is 0 Å². The van der Waals surface area contributed by atoms with Crippen LogP contribution in [0.5, 0.6) is 0 Å². The van der Waals surface area contributed by atoms with E-state index in [0.29, 0.717) is 18.8 Å². The molecular formula is C13H23NO3. The Morgan fingerprint density at radius 1 is 1.35 bits per heavy atom. The third-order valence-corrected chi connectivity index (χ3v) is 3.77. The summed E-state index contributed by atoms with van der Waals surface area (Å²) in [6.07, 6.45) is 3.13. The molecule has 0 saturated heterocycles. The number of rotatable bonds is 4. The molecule has 4 nitrogen and oxygen atoms in total. The molecule has 0 aromatic carbocycles. The zero-order chi connectivity index (χ0) is 13.0. The van der Waals surface area contributed by atoms with E-state index in [1.807, 2.05) is 13.8 Å². The van der Waals surface area contributed by atoms with Crippen molar-refractivity contribution in [3.63, 3.8) is 0 Å². The normalized spacial score (nSPS) is 30.6. The predicted octanol–water partition coefficient (Wildman–Crippen LogP) is 2.04. The predicted molar refractivity (Wildman–Crippen MR) is 65.5 cm³/mol. The lowest BCUT2D eigenvalue weighted by atomic mass is 9.74. The molecule has 0 aliphatic heterocycles. The number of hydrogen-bond acceptors (Lipinski definition) is 2. The van der Waals surface area contributed by atoms with Gasteiger partial charge in [-0.1, -0.05) is 13.8 Å². The van der Waals surface area contributed by atoms with E-state index in [-0.39, 0.29) is 17.9 Å². The van der Waals surface area contributed by atoms with E-state index in [1.54, 1.807) is 0 Å². The highest BCUT2D eigenvalue weighted by Crippen LogP contribution is 2.34. The van der Waals surface area contributed by atoms with Gasteiger partial charge in [0.15, 0.2) is 0 Å². The first-order chi connectivity index (χ1) is 7.95. The molecule has 0 spiro atoms. The molecule has 1 aliphatic rings. The van der Waals surface area contributed by atoms with Crippen molar-refractivity contribution in [1.82, 2.24) is 5.32 Å². The molecule has 4 heteroatoms. The lowest BCUT2D eigenvalue weighted by molar-refractivity contribution is -0.149. The highest BCUT2D eigenvalue weighted by atomic mass is 16.4. The lowest BCUT2D eigenvalue weighted by Crippen LogP contribution is -2.44. The Balaban J connectivity index is 2.66. The third kappa shape index (κ3) is 3.72. The van der Waals surface area contributed by atoms with E-state index in [9.17, 15) is 14.7 Å². The summed E-state index contributed by atoms with van der Waals surface area (Å²) in [6, 6.07) is 0.122. The highest BCUT2D eigenvalue weighted by molar-refractivity contribution is 5.85. The summed E-state index contributed by atoms with van der Waals surface area (Å²) >= 11 is 0. The molecule has 1 fully saturated rings. The maximum atomic E-state index is 12.0. The number of carbonyl (C=O) groups excluding carboxylic acids is 1. The largest absolute Gasteiger partial charge is 0.481 e. The van der Waals surface area contributed by atoms with E-state index in [2.05, 4.69) is 12.2 Å². The molecule has 0 radical (unpaired) electrons. The van der Waals surface area contributed by atoms with Gasteiger partial charge in [0.2, 0.25) is 5.91 Å². The Labute approximate surface area is 103 Å². The Hall–Kier alpha value is -1.06. The van der Waals surface area contributed by atoms with Crippen LogP contribution in [0.25, 0.3) is 0 Å². The van der Waals surface area contributed by atoms with Crippen molar-refractivity contribution in [2.75, 3.05) is 0 Å². The van der Waals surface area contributed by atoms with Crippen LogP contribution in [-0.2, 0) is 9.59 Å². The quantitative estimate of drug-likeness (QED) is 0.791. The Morgan fingerprint density at radius 3 is 2.53 bits per heavy atom. The van der Waals surface area contributed by atoms with Crippen molar-refractivity contribution in [2.45, 2.75) is 52.5 Å². The minimum Gasteiger partial charge on any atom is -0.481 e. The van der Waals surface area contributed by atoms with E-state index in [4.69, 9.17) is 0 Å². The van der Waals surface area contributed by atoms with E-state index in [1.165, 1.54) is 0 Å². The van der Waals surface area contributed by atoms with Gasteiger partial charge in [-0.2, -0.15) is 0 Å². The van der Waals surface area contributed by atoms with Crippen LogP contribution in [0.15, 0.2) is 0 Å². The number of carboxylic acid groups (broad SMARTS) is 1. The first kappa shape index (κ1) is 14.0. The number of hydrogen-bond donors (Lipinski definition) is 2. The molecule has 3 unspecified atom stereocenters. The lowest BCUT2D eigenvalue weighted by Gasteiger charge is -2.32. The van der Waals surface area contributed by atoms with Gasteiger partial charge >= 0.3 is 5.97 Å². The summed E-state index contributed by atoms with van der Waals surface area (Å²) in [6.45, 7) is 6.00. The molecule has 0 bridgehead atoms. The molecule has 0 aromatic rings. The molecule has 0 heterocycles. The van der Waals surface area contributed by atoms with Crippen LogP contribution in [0.4, 0.5) is 0 Å². The van der Waals surface area contributed by atoms with Crippen molar-refractivity contribution in [2.24, 2.45) is 17.8 Å². The van der Waals surface area contributed by atoms with Crippen molar-refractivity contribution >= 4 is 11.9 Å². The van der Waals surface area contributed by atoms with Gasteiger partial charge in [-0.05, 0) is 38.5 Å². The summed E-state index contributed by atoms with van der Waals surface area (Å²) in [5.41, 5.74) is 0. The van der Waals surface area contributed by atoms with Gasteiger partial charge in [-0.3, -0.25) is 9.59 Å². The van der Waals surface area contributed by atoms with Crippen LogP contribution in [0, 0.1) is 17.8 Å². The van der Waals surface area contributed by atoms with Gasteiger partial charge in [-0.25, -0.2) is 0 Å². The van der Waals surface area contributed by atoms with Gasteiger partial charge in [0.05, 0.1) is 11.8 Å². The fourth-order valence-electron chi connectivity index (χ4n) is 2.42. The maximum absolute atomic E-state index is 12.0. The monoisotopic (exact) mass is 241 g/mol. The number of carboxylic acids is 1.